The third-order valence-corrected chi connectivity index (χ3v) is 2.52. The maximum Gasteiger partial charge on any atom is 0.218 e. The van der Waals surface area contributed by atoms with Crippen molar-refractivity contribution in [2.24, 2.45) is 0 Å². The Bertz CT molecular complexity index is 326. The van der Waals surface area contributed by atoms with Gasteiger partial charge in [-0.3, -0.25) is 0 Å². The van der Waals surface area contributed by atoms with Crippen molar-refractivity contribution in [3.63, 3.8) is 0 Å². The topological polar surface area (TPSA) is 50.3 Å². The number of hydrogen-bond donors (Lipinski definition) is 1. The van der Waals surface area contributed by atoms with E-state index in [0.29, 0.717) is 12.5 Å². The summed E-state index contributed by atoms with van der Waals surface area (Å²) >= 11 is 0. The quantitative estimate of drug-likeness (QED) is 0.811. The third kappa shape index (κ3) is 2.82. The first-order valence-corrected chi connectivity index (χ1v) is 5.80. The van der Waals surface area contributed by atoms with Gasteiger partial charge in [0.2, 0.25) is 5.88 Å². The zero-order chi connectivity index (χ0) is 11.2. The van der Waals surface area contributed by atoms with Crippen LogP contribution in [0.2, 0.25) is 0 Å². The molecule has 1 fully saturated rings. The zero-order valence-electron chi connectivity index (χ0n) is 9.65. The molecule has 16 heavy (non-hydrogen) atoms. The predicted molar refractivity (Wildman–Crippen MR) is 62.9 cm³/mol. The minimum atomic E-state index is 0.672. The minimum absolute atomic E-state index is 0.672. The molecule has 1 aliphatic rings. The summed E-state index contributed by atoms with van der Waals surface area (Å²) in [6.45, 7) is 6.79. The van der Waals surface area contributed by atoms with Gasteiger partial charge >= 0.3 is 0 Å². The first kappa shape index (κ1) is 11.1. The fourth-order valence-electron chi connectivity index (χ4n) is 1.68. The molecule has 1 saturated heterocycles. The van der Waals surface area contributed by atoms with Crippen LogP contribution in [-0.4, -0.2) is 42.8 Å². The van der Waals surface area contributed by atoms with Crippen LogP contribution in [-0.2, 0) is 0 Å². The van der Waals surface area contributed by atoms with Crippen molar-refractivity contribution in [1.82, 2.24) is 15.3 Å². The van der Waals surface area contributed by atoms with E-state index in [1.807, 2.05) is 6.07 Å². The average molecular weight is 222 g/mol. The molecule has 0 atom stereocenters. The largest absolute Gasteiger partial charge is 0.478 e. The number of hydrogen-bond acceptors (Lipinski definition) is 5. The standard InChI is InChI=1S/C11H18N4O/c1-2-7-16-11-8-10(13-9-14-11)15-5-3-12-4-6-15/h8-9,12H,2-7H2,1H3. The summed E-state index contributed by atoms with van der Waals surface area (Å²) in [5.41, 5.74) is 0. The third-order valence-electron chi connectivity index (χ3n) is 2.52. The molecule has 0 unspecified atom stereocenters. The normalized spacial score (nSPS) is 16.2. The molecule has 1 N–H and O–H groups in total. The van der Waals surface area contributed by atoms with E-state index in [2.05, 4.69) is 27.1 Å². The molecule has 0 amide bonds. The highest BCUT2D eigenvalue weighted by Crippen LogP contribution is 2.16. The summed E-state index contributed by atoms with van der Waals surface area (Å²) < 4.78 is 5.49. The molecule has 0 bridgehead atoms. The van der Waals surface area contributed by atoms with Crippen molar-refractivity contribution in [2.75, 3.05) is 37.7 Å². The van der Waals surface area contributed by atoms with Crippen molar-refractivity contribution in [1.29, 1.82) is 0 Å². The van der Waals surface area contributed by atoms with Crippen LogP contribution in [0, 0.1) is 0 Å². The fourth-order valence-corrected chi connectivity index (χ4v) is 1.68. The van der Waals surface area contributed by atoms with Crippen molar-refractivity contribution in [2.45, 2.75) is 13.3 Å². The van der Waals surface area contributed by atoms with Gasteiger partial charge in [0.1, 0.15) is 12.1 Å². The van der Waals surface area contributed by atoms with Gasteiger partial charge in [-0.1, -0.05) is 6.92 Å². The second-order valence-electron chi connectivity index (χ2n) is 3.80. The molecule has 0 radical (unpaired) electrons. The fraction of sp³-hybridized carbons (Fsp3) is 0.636. The smallest absolute Gasteiger partial charge is 0.218 e. The minimum Gasteiger partial charge on any atom is -0.478 e. The van der Waals surface area contributed by atoms with Gasteiger partial charge in [-0.2, -0.15) is 0 Å². The van der Waals surface area contributed by atoms with Crippen molar-refractivity contribution in [3.8, 4) is 5.88 Å². The predicted octanol–water partition coefficient (Wildman–Crippen LogP) is 0.675. The van der Waals surface area contributed by atoms with E-state index >= 15 is 0 Å². The molecule has 5 nitrogen and oxygen atoms in total. The highest BCUT2D eigenvalue weighted by Gasteiger charge is 2.12. The highest BCUT2D eigenvalue weighted by atomic mass is 16.5. The summed E-state index contributed by atoms with van der Waals surface area (Å²) in [7, 11) is 0. The number of rotatable bonds is 4. The van der Waals surface area contributed by atoms with E-state index in [4.69, 9.17) is 4.74 Å². The molecule has 1 aromatic rings. The van der Waals surface area contributed by atoms with Crippen LogP contribution < -0.4 is 15.0 Å². The first-order valence-electron chi connectivity index (χ1n) is 5.80. The van der Waals surface area contributed by atoms with Crippen molar-refractivity contribution < 1.29 is 4.74 Å². The van der Waals surface area contributed by atoms with Crippen molar-refractivity contribution >= 4 is 5.82 Å². The molecule has 0 aliphatic carbocycles. The van der Waals surface area contributed by atoms with Crippen LogP contribution in [0.5, 0.6) is 5.88 Å². The molecule has 2 heterocycles. The van der Waals surface area contributed by atoms with E-state index in [0.717, 1.165) is 38.4 Å². The summed E-state index contributed by atoms with van der Waals surface area (Å²) in [5.74, 6) is 1.63. The number of ether oxygens (including phenoxy) is 1. The van der Waals surface area contributed by atoms with Crippen LogP contribution in [0.4, 0.5) is 5.82 Å². The average Bonchev–Trinajstić information content (AvgIpc) is 2.38. The molecule has 1 aliphatic heterocycles. The second kappa shape index (κ2) is 5.65. The van der Waals surface area contributed by atoms with Gasteiger partial charge in [0, 0.05) is 32.2 Å². The molecule has 0 spiro atoms. The Kier molecular flexibility index (Phi) is 3.93. The maximum atomic E-state index is 5.49. The number of aromatic nitrogens is 2. The Morgan fingerprint density at radius 2 is 2.19 bits per heavy atom. The monoisotopic (exact) mass is 222 g/mol. The van der Waals surface area contributed by atoms with E-state index in [1.54, 1.807) is 6.33 Å². The number of nitrogens with zero attached hydrogens (tertiary/aromatic N) is 3. The Morgan fingerprint density at radius 3 is 2.94 bits per heavy atom. The Labute approximate surface area is 95.8 Å². The van der Waals surface area contributed by atoms with Gasteiger partial charge in [-0.15, -0.1) is 0 Å². The van der Waals surface area contributed by atoms with E-state index < -0.39 is 0 Å². The molecular formula is C11H18N4O. The zero-order valence-corrected chi connectivity index (χ0v) is 9.65. The van der Waals surface area contributed by atoms with Gasteiger partial charge in [-0.25, -0.2) is 9.97 Å². The van der Waals surface area contributed by atoms with Crippen LogP contribution >= 0.6 is 0 Å². The molecule has 0 saturated carbocycles. The van der Waals surface area contributed by atoms with Gasteiger partial charge in [0.05, 0.1) is 6.61 Å². The molecule has 0 aromatic carbocycles. The lowest BCUT2D eigenvalue weighted by Crippen LogP contribution is -2.43. The summed E-state index contributed by atoms with van der Waals surface area (Å²) in [4.78, 5) is 10.6. The summed E-state index contributed by atoms with van der Waals surface area (Å²) in [6.07, 6.45) is 2.56. The van der Waals surface area contributed by atoms with Gasteiger partial charge in [0.15, 0.2) is 0 Å². The van der Waals surface area contributed by atoms with E-state index in [9.17, 15) is 0 Å². The molecule has 1 aromatic heterocycles. The van der Waals surface area contributed by atoms with Crippen LogP contribution in [0.1, 0.15) is 13.3 Å². The Balaban J connectivity index is 2.02. The lowest BCUT2D eigenvalue weighted by atomic mass is 10.3. The van der Waals surface area contributed by atoms with Gasteiger partial charge in [-0.05, 0) is 6.42 Å². The molecule has 5 heteroatoms. The lowest BCUT2D eigenvalue weighted by Gasteiger charge is -2.28. The van der Waals surface area contributed by atoms with Crippen LogP contribution in [0.15, 0.2) is 12.4 Å². The summed E-state index contributed by atoms with van der Waals surface area (Å²) in [5, 5.41) is 3.32. The van der Waals surface area contributed by atoms with Crippen LogP contribution in [0.25, 0.3) is 0 Å². The molecule has 2 rings (SSSR count). The number of nitrogens with one attached hydrogen (secondary N) is 1. The summed E-state index contributed by atoms with van der Waals surface area (Å²) in [6, 6.07) is 1.92. The Morgan fingerprint density at radius 1 is 1.38 bits per heavy atom. The van der Waals surface area contributed by atoms with E-state index in [-0.39, 0.29) is 0 Å². The second-order valence-corrected chi connectivity index (χ2v) is 3.80. The van der Waals surface area contributed by atoms with Gasteiger partial charge < -0.3 is 15.0 Å². The maximum absolute atomic E-state index is 5.49. The van der Waals surface area contributed by atoms with Crippen molar-refractivity contribution in [3.05, 3.63) is 12.4 Å². The molecular weight excluding hydrogens is 204 g/mol. The number of anilines is 1. The Hall–Kier alpha value is -1.36. The van der Waals surface area contributed by atoms with Crippen LogP contribution in [0.3, 0.4) is 0 Å². The number of piperazine rings is 1. The lowest BCUT2D eigenvalue weighted by molar-refractivity contribution is 0.304. The van der Waals surface area contributed by atoms with E-state index in [1.165, 1.54) is 0 Å². The first-order chi connectivity index (χ1) is 7.90. The molecule has 88 valence electrons. The highest BCUT2D eigenvalue weighted by molar-refractivity contribution is 5.41. The SMILES string of the molecule is CCCOc1cc(N2CCNCC2)ncn1. The van der Waals surface area contributed by atoms with Gasteiger partial charge in [0.25, 0.3) is 0 Å².